The zero-order valence-electron chi connectivity index (χ0n) is 15.6. The Kier molecular flexibility index (Phi) is 6.54. The predicted octanol–water partition coefficient (Wildman–Crippen LogP) is 2.14. The summed E-state index contributed by atoms with van der Waals surface area (Å²) >= 11 is 0. The number of nitrogens with zero attached hydrogens (tertiary/aromatic N) is 4. The molecule has 0 aliphatic carbocycles. The zero-order chi connectivity index (χ0) is 19.3. The number of anilines is 1. The van der Waals surface area contributed by atoms with Crippen molar-refractivity contribution in [2.24, 2.45) is 0 Å². The lowest BCUT2D eigenvalue weighted by Crippen LogP contribution is -2.37. The van der Waals surface area contributed by atoms with Crippen LogP contribution in [0.25, 0.3) is 0 Å². The number of likely N-dealkylation sites (N-methyl/N-ethyl adjacent to an activating group) is 2. The molecule has 2 rings (SSSR count). The second-order valence-electron chi connectivity index (χ2n) is 6.81. The van der Waals surface area contributed by atoms with Gasteiger partial charge in [0.1, 0.15) is 5.69 Å². The normalized spacial score (nSPS) is 14.5. The van der Waals surface area contributed by atoms with Gasteiger partial charge >= 0.3 is 0 Å². The minimum atomic E-state index is -0.442. The molecule has 1 aliphatic rings. The molecule has 1 saturated heterocycles. The molecule has 1 aromatic rings. The van der Waals surface area contributed by atoms with Gasteiger partial charge in [0.05, 0.1) is 11.5 Å². The van der Waals surface area contributed by atoms with Gasteiger partial charge in [-0.2, -0.15) is 0 Å². The van der Waals surface area contributed by atoms with Crippen LogP contribution in [0, 0.1) is 10.1 Å². The molecule has 1 fully saturated rings. The van der Waals surface area contributed by atoms with Gasteiger partial charge in [0, 0.05) is 45.9 Å². The summed E-state index contributed by atoms with van der Waals surface area (Å²) in [5.41, 5.74) is 0.704. The second-order valence-corrected chi connectivity index (χ2v) is 6.81. The quantitative estimate of drug-likeness (QED) is 0.591. The zero-order valence-corrected chi connectivity index (χ0v) is 15.6. The van der Waals surface area contributed by atoms with E-state index in [0.717, 1.165) is 38.8 Å². The van der Waals surface area contributed by atoms with E-state index in [1.807, 2.05) is 4.90 Å². The van der Waals surface area contributed by atoms with E-state index >= 15 is 0 Å². The van der Waals surface area contributed by atoms with Crippen molar-refractivity contribution in [3.05, 3.63) is 33.9 Å². The maximum atomic E-state index is 12.5. The van der Waals surface area contributed by atoms with Gasteiger partial charge in [0.15, 0.2) is 0 Å². The van der Waals surface area contributed by atoms with Crippen LogP contribution in [0.2, 0.25) is 0 Å². The lowest BCUT2D eigenvalue weighted by molar-refractivity contribution is -0.384. The maximum absolute atomic E-state index is 12.5. The smallest absolute Gasteiger partial charge is 0.293 e. The van der Waals surface area contributed by atoms with Crippen molar-refractivity contribution < 1.29 is 14.5 Å². The Hall–Kier alpha value is -2.64. The monoisotopic (exact) mass is 362 g/mol. The van der Waals surface area contributed by atoms with E-state index in [9.17, 15) is 19.7 Å². The molecule has 0 radical (unpaired) electrons. The fourth-order valence-corrected chi connectivity index (χ4v) is 3.02. The molecule has 1 heterocycles. The standard InChI is InChI=1S/C18H26N4O4/c1-19(2)17(23)13-20(3)18(24)14-8-9-15(16(12-14)22(25)26)21-10-6-4-5-7-11-21/h8-9,12H,4-7,10-11,13H2,1-3H3. The number of amides is 2. The Morgan fingerprint density at radius 3 is 2.27 bits per heavy atom. The predicted molar refractivity (Wildman–Crippen MR) is 99.4 cm³/mol. The van der Waals surface area contributed by atoms with Crippen LogP contribution in [0.5, 0.6) is 0 Å². The highest BCUT2D eigenvalue weighted by molar-refractivity contribution is 5.97. The van der Waals surface area contributed by atoms with Gasteiger partial charge in [-0.15, -0.1) is 0 Å². The van der Waals surface area contributed by atoms with Gasteiger partial charge in [-0.3, -0.25) is 19.7 Å². The number of hydrogen-bond donors (Lipinski definition) is 0. The molecule has 0 atom stereocenters. The molecular weight excluding hydrogens is 336 g/mol. The van der Waals surface area contributed by atoms with Crippen LogP contribution in [-0.4, -0.2) is 67.3 Å². The number of nitro groups is 1. The number of carbonyl (C=O) groups is 2. The second kappa shape index (κ2) is 8.64. The van der Waals surface area contributed by atoms with Gasteiger partial charge in [0.25, 0.3) is 11.6 Å². The maximum Gasteiger partial charge on any atom is 0.293 e. The molecule has 1 aromatic carbocycles. The minimum Gasteiger partial charge on any atom is -0.366 e. The SMILES string of the molecule is CN(C)C(=O)CN(C)C(=O)c1ccc(N2CCCCCC2)c([N+](=O)[O-])c1. The van der Waals surface area contributed by atoms with Crippen molar-refractivity contribution in [2.75, 3.05) is 45.7 Å². The Morgan fingerprint density at radius 1 is 1.12 bits per heavy atom. The van der Waals surface area contributed by atoms with Gasteiger partial charge in [-0.05, 0) is 25.0 Å². The average molecular weight is 362 g/mol. The minimum absolute atomic E-state index is 0.0647. The van der Waals surface area contributed by atoms with E-state index < -0.39 is 10.8 Å². The first kappa shape index (κ1) is 19.7. The number of hydrogen-bond acceptors (Lipinski definition) is 5. The summed E-state index contributed by atoms with van der Waals surface area (Å²) in [6.07, 6.45) is 4.28. The Bertz CT molecular complexity index is 682. The molecule has 26 heavy (non-hydrogen) atoms. The van der Waals surface area contributed by atoms with E-state index in [1.54, 1.807) is 26.2 Å². The van der Waals surface area contributed by atoms with E-state index in [4.69, 9.17) is 0 Å². The molecule has 1 aliphatic heterocycles. The van der Waals surface area contributed by atoms with E-state index in [-0.39, 0.29) is 23.7 Å². The van der Waals surface area contributed by atoms with Gasteiger partial charge in [-0.1, -0.05) is 12.8 Å². The lowest BCUT2D eigenvalue weighted by atomic mass is 10.1. The number of nitro benzene ring substituents is 1. The summed E-state index contributed by atoms with van der Waals surface area (Å²) in [5, 5.41) is 11.6. The summed E-state index contributed by atoms with van der Waals surface area (Å²) in [4.78, 5) is 40.1. The van der Waals surface area contributed by atoms with Gasteiger partial charge in [-0.25, -0.2) is 0 Å². The van der Waals surface area contributed by atoms with Crippen molar-refractivity contribution >= 4 is 23.2 Å². The van der Waals surface area contributed by atoms with Crippen LogP contribution in [0.4, 0.5) is 11.4 Å². The summed E-state index contributed by atoms with van der Waals surface area (Å²) in [6, 6.07) is 4.57. The van der Waals surface area contributed by atoms with Gasteiger partial charge < -0.3 is 14.7 Å². The van der Waals surface area contributed by atoms with E-state index in [1.165, 1.54) is 22.9 Å². The molecule has 0 bridgehead atoms. The highest BCUT2D eigenvalue weighted by atomic mass is 16.6. The third-order valence-electron chi connectivity index (χ3n) is 4.58. The topological polar surface area (TPSA) is 87.0 Å². The largest absolute Gasteiger partial charge is 0.366 e. The molecule has 0 N–H and O–H groups in total. The van der Waals surface area contributed by atoms with Crippen LogP contribution < -0.4 is 4.90 Å². The van der Waals surface area contributed by atoms with Crippen LogP contribution in [0.1, 0.15) is 36.0 Å². The number of rotatable bonds is 5. The molecular formula is C18H26N4O4. The third-order valence-corrected chi connectivity index (χ3v) is 4.58. The van der Waals surface area contributed by atoms with Crippen molar-refractivity contribution in [1.29, 1.82) is 0 Å². The van der Waals surface area contributed by atoms with Crippen molar-refractivity contribution in [2.45, 2.75) is 25.7 Å². The average Bonchev–Trinajstić information content (AvgIpc) is 2.89. The highest BCUT2D eigenvalue weighted by Crippen LogP contribution is 2.31. The summed E-state index contributed by atoms with van der Waals surface area (Å²) < 4.78 is 0. The summed E-state index contributed by atoms with van der Waals surface area (Å²) in [6.45, 7) is 1.49. The first-order valence-electron chi connectivity index (χ1n) is 8.80. The molecule has 8 nitrogen and oxygen atoms in total. The Labute approximate surface area is 153 Å². The summed E-state index contributed by atoms with van der Waals surface area (Å²) in [7, 11) is 4.74. The fraction of sp³-hybridized carbons (Fsp3) is 0.556. The van der Waals surface area contributed by atoms with Crippen LogP contribution in [0.3, 0.4) is 0 Å². The van der Waals surface area contributed by atoms with Crippen molar-refractivity contribution in [1.82, 2.24) is 9.80 Å². The molecule has 0 spiro atoms. The van der Waals surface area contributed by atoms with Crippen molar-refractivity contribution in [3.63, 3.8) is 0 Å². The Morgan fingerprint density at radius 2 is 1.73 bits per heavy atom. The van der Waals surface area contributed by atoms with Crippen LogP contribution >= 0.6 is 0 Å². The van der Waals surface area contributed by atoms with Crippen molar-refractivity contribution in [3.8, 4) is 0 Å². The number of carbonyl (C=O) groups excluding carboxylic acids is 2. The lowest BCUT2D eigenvalue weighted by Gasteiger charge is -2.23. The third kappa shape index (κ3) is 4.71. The molecule has 142 valence electrons. The fourth-order valence-electron chi connectivity index (χ4n) is 3.02. The molecule has 8 heteroatoms. The molecule has 0 unspecified atom stereocenters. The Balaban J connectivity index is 2.25. The van der Waals surface area contributed by atoms with E-state index in [2.05, 4.69) is 0 Å². The first-order valence-corrected chi connectivity index (χ1v) is 8.80. The molecule has 0 saturated carbocycles. The summed E-state index contributed by atoms with van der Waals surface area (Å²) in [5.74, 6) is -0.623. The molecule has 2 amide bonds. The van der Waals surface area contributed by atoms with Crippen LogP contribution in [0.15, 0.2) is 18.2 Å². The molecule has 0 aromatic heterocycles. The first-order chi connectivity index (χ1) is 12.3. The van der Waals surface area contributed by atoms with Gasteiger partial charge in [0.2, 0.25) is 5.91 Å². The van der Waals surface area contributed by atoms with Crippen LogP contribution in [-0.2, 0) is 4.79 Å². The van der Waals surface area contributed by atoms with E-state index in [0.29, 0.717) is 5.69 Å². The number of benzene rings is 1. The highest BCUT2D eigenvalue weighted by Gasteiger charge is 2.24.